The number of halogens is 1. The molecule has 1 atom stereocenters. The van der Waals surface area contributed by atoms with Crippen LogP contribution in [0.25, 0.3) is 11.0 Å². The average Bonchev–Trinajstić information content (AvgIpc) is 2.96. The number of piperidine rings is 1. The van der Waals surface area contributed by atoms with E-state index in [2.05, 4.69) is 14.1 Å². The number of rotatable bonds is 4. The predicted molar refractivity (Wildman–Crippen MR) is 90.1 cm³/mol. The summed E-state index contributed by atoms with van der Waals surface area (Å²) >= 11 is 1.05. The summed E-state index contributed by atoms with van der Waals surface area (Å²) in [6, 6.07) is 5.14. The molecule has 6 nitrogen and oxygen atoms in total. The Balaban J connectivity index is 0.00000176. The number of nitrogens with zero attached hydrogens (tertiary/aromatic N) is 3. The van der Waals surface area contributed by atoms with E-state index < -0.39 is 10.0 Å². The van der Waals surface area contributed by atoms with Gasteiger partial charge in [0.15, 0.2) is 0 Å². The first-order valence-electron chi connectivity index (χ1n) is 6.99. The van der Waals surface area contributed by atoms with Crippen molar-refractivity contribution in [1.82, 2.24) is 18.4 Å². The monoisotopic (exact) mass is 362 g/mol. The number of hydrogen-bond acceptors (Lipinski definition) is 6. The molecule has 9 heteroatoms. The minimum atomic E-state index is -3.50. The van der Waals surface area contributed by atoms with Gasteiger partial charge in [0, 0.05) is 13.1 Å². The average molecular weight is 363 g/mol. The summed E-state index contributed by atoms with van der Waals surface area (Å²) in [6.45, 7) is 1.99. The van der Waals surface area contributed by atoms with E-state index in [9.17, 15) is 8.42 Å². The molecule has 1 aromatic heterocycles. The Morgan fingerprint density at radius 3 is 3.00 bits per heavy atom. The molecule has 1 saturated heterocycles. The first-order valence-corrected chi connectivity index (χ1v) is 9.16. The maximum absolute atomic E-state index is 12.9. The van der Waals surface area contributed by atoms with E-state index in [1.807, 2.05) is 7.05 Å². The number of aromatic nitrogens is 2. The molecule has 1 aromatic carbocycles. The van der Waals surface area contributed by atoms with Crippen molar-refractivity contribution >= 4 is 45.2 Å². The van der Waals surface area contributed by atoms with Gasteiger partial charge in [0.1, 0.15) is 15.9 Å². The Labute approximate surface area is 140 Å². The van der Waals surface area contributed by atoms with Gasteiger partial charge in [-0.3, -0.25) is 0 Å². The van der Waals surface area contributed by atoms with Gasteiger partial charge in [-0.15, -0.1) is 12.4 Å². The standard InChI is InChI=1S/C13H18N4O2S2.ClH/c1-14-8-10-4-3-7-17(9-10)21(18,19)12-6-2-5-11-13(12)16-20-15-11;/h2,5-6,10,14H,3-4,7-9H2,1H3;1H. The number of benzene rings is 1. The number of nitrogens with one attached hydrogen (secondary N) is 1. The van der Waals surface area contributed by atoms with Crippen LogP contribution in [0, 0.1) is 5.92 Å². The second-order valence-corrected chi connectivity index (χ2v) is 7.75. The molecule has 3 rings (SSSR count). The molecule has 1 fully saturated rings. The molecule has 122 valence electrons. The van der Waals surface area contributed by atoms with Crippen LogP contribution in [0.1, 0.15) is 12.8 Å². The van der Waals surface area contributed by atoms with Gasteiger partial charge in [0.2, 0.25) is 10.0 Å². The van der Waals surface area contributed by atoms with Crippen molar-refractivity contribution in [2.24, 2.45) is 5.92 Å². The van der Waals surface area contributed by atoms with Crippen molar-refractivity contribution in [3.63, 3.8) is 0 Å². The molecule has 1 aliphatic heterocycles. The lowest BCUT2D eigenvalue weighted by Gasteiger charge is -2.31. The Morgan fingerprint density at radius 1 is 1.41 bits per heavy atom. The van der Waals surface area contributed by atoms with Crippen molar-refractivity contribution in [2.45, 2.75) is 17.7 Å². The molecule has 0 amide bonds. The first kappa shape index (κ1) is 17.6. The van der Waals surface area contributed by atoms with E-state index in [4.69, 9.17) is 0 Å². The van der Waals surface area contributed by atoms with Crippen LogP contribution in [0.5, 0.6) is 0 Å². The second kappa shape index (κ2) is 7.18. The number of fused-ring (bicyclic) bond motifs is 1. The fraction of sp³-hybridized carbons (Fsp3) is 0.538. The third-order valence-corrected chi connectivity index (χ3v) is 6.28. The van der Waals surface area contributed by atoms with Crippen molar-refractivity contribution in [3.05, 3.63) is 18.2 Å². The van der Waals surface area contributed by atoms with Gasteiger partial charge in [0.05, 0.1) is 11.7 Å². The summed E-state index contributed by atoms with van der Waals surface area (Å²) in [7, 11) is -1.60. The summed E-state index contributed by atoms with van der Waals surface area (Å²) in [5, 5.41) is 3.13. The zero-order chi connectivity index (χ0) is 14.9. The molecule has 0 saturated carbocycles. The van der Waals surface area contributed by atoms with Gasteiger partial charge in [-0.05, 0) is 44.5 Å². The van der Waals surface area contributed by atoms with E-state index in [0.717, 1.165) is 31.1 Å². The Bertz CT molecular complexity index is 732. The molecule has 2 heterocycles. The molecule has 0 aliphatic carbocycles. The summed E-state index contributed by atoms with van der Waals surface area (Å²) in [6.07, 6.45) is 1.96. The zero-order valence-corrected chi connectivity index (χ0v) is 14.7. The van der Waals surface area contributed by atoms with E-state index in [1.54, 1.807) is 22.5 Å². The van der Waals surface area contributed by atoms with Crippen LogP contribution >= 0.6 is 24.1 Å². The molecule has 0 radical (unpaired) electrons. The lowest BCUT2D eigenvalue weighted by Crippen LogP contribution is -2.42. The fourth-order valence-electron chi connectivity index (χ4n) is 2.83. The van der Waals surface area contributed by atoms with E-state index in [-0.39, 0.29) is 17.3 Å². The second-order valence-electron chi connectivity index (χ2n) is 5.32. The highest BCUT2D eigenvalue weighted by Crippen LogP contribution is 2.27. The van der Waals surface area contributed by atoms with Crippen molar-refractivity contribution in [2.75, 3.05) is 26.7 Å². The topological polar surface area (TPSA) is 75.2 Å². The summed E-state index contributed by atoms with van der Waals surface area (Å²) in [5.41, 5.74) is 1.13. The number of sulfonamides is 1. The van der Waals surface area contributed by atoms with E-state index >= 15 is 0 Å². The van der Waals surface area contributed by atoms with Crippen molar-refractivity contribution < 1.29 is 8.42 Å². The summed E-state index contributed by atoms with van der Waals surface area (Å²) in [5.74, 6) is 0.367. The molecule has 1 N–H and O–H groups in total. The Hall–Kier alpha value is -0.800. The van der Waals surface area contributed by atoms with Gasteiger partial charge in [0.25, 0.3) is 0 Å². The fourth-order valence-corrected chi connectivity index (χ4v) is 5.14. The van der Waals surface area contributed by atoms with Gasteiger partial charge < -0.3 is 5.32 Å². The quantitative estimate of drug-likeness (QED) is 0.896. The van der Waals surface area contributed by atoms with Gasteiger partial charge in [-0.25, -0.2) is 8.42 Å². The summed E-state index contributed by atoms with van der Waals surface area (Å²) in [4.78, 5) is 0.277. The van der Waals surface area contributed by atoms with Gasteiger partial charge in [-0.2, -0.15) is 13.1 Å². The molecule has 0 spiro atoms. The van der Waals surface area contributed by atoms with Crippen molar-refractivity contribution in [1.29, 1.82) is 0 Å². The van der Waals surface area contributed by atoms with Crippen LogP contribution in [0.4, 0.5) is 0 Å². The summed E-state index contributed by atoms with van der Waals surface area (Å²) < 4.78 is 35.6. The van der Waals surface area contributed by atoms with Gasteiger partial charge in [-0.1, -0.05) is 6.07 Å². The largest absolute Gasteiger partial charge is 0.319 e. The highest BCUT2D eigenvalue weighted by molar-refractivity contribution is 7.89. The van der Waals surface area contributed by atoms with Crippen LogP contribution < -0.4 is 5.32 Å². The maximum Gasteiger partial charge on any atom is 0.245 e. The predicted octanol–water partition coefficient (Wildman–Crippen LogP) is 1.73. The van der Waals surface area contributed by atoms with E-state index in [1.165, 1.54) is 0 Å². The molecular weight excluding hydrogens is 344 g/mol. The lowest BCUT2D eigenvalue weighted by molar-refractivity contribution is 0.263. The lowest BCUT2D eigenvalue weighted by atomic mass is 10.00. The Morgan fingerprint density at radius 2 is 2.23 bits per heavy atom. The zero-order valence-electron chi connectivity index (χ0n) is 12.2. The minimum absolute atomic E-state index is 0. The minimum Gasteiger partial charge on any atom is -0.319 e. The Kier molecular flexibility index (Phi) is 5.73. The molecule has 0 bridgehead atoms. The van der Waals surface area contributed by atoms with E-state index in [0.29, 0.717) is 30.0 Å². The van der Waals surface area contributed by atoms with Gasteiger partial charge >= 0.3 is 0 Å². The molecule has 22 heavy (non-hydrogen) atoms. The molecule has 1 aliphatic rings. The SMILES string of the molecule is CNCC1CCCN(S(=O)(=O)c2cccc3nsnc23)C1.Cl. The van der Waals surface area contributed by atoms with Crippen LogP contribution in [-0.2, 0) is 10.0 Å². The highest BCUT2D eigenvalue weighted by atomic mass is 35.5. The normalized spacial score (nSPS) is 20.0. The smallest absolute Gasteiger partial charge is 0.245 e. The highest BCUT2D eigenvalue weighted by Gasteiger charge is 2.31. The van der Waals surface area contributed by atoms with Crippen LogP contribution in [0.15, 0.2) is 23.1 Å². The molecule has 1 unspecified atom stereocenters. The third-order valence-electron chi connectivity index (χ3n) is 3.84. The molecule has 2 aromatic rings. The molecular formula is C13H19ClN4O2S2. The van der Waals surface area contributed by atoms with Crippen LogP contribution in [-0.4, -0.2) is 48.2 Å². The number of hydrogen-bond donors (Lipinski definition) is 1. The van der Waals surface area contributed by atoms with Crippen molar-refractivity contribution in [3.8, 4) is 0 Å². The first-order chi connectivity index (χ1) is 10.1. The van der Waals surface area contributed by atoms with Crippen LogP contribution in [0.2, 0.25) is 0 Å². The third kappa shape index (κ3) is 3.26. The maximum atomic E-state index is 12.9. The van der Waals surface area contributed by atoms with Crippen LogP contribution in [0.3, 0.4) is 0 Å².